The fraction of sp³-hybridized carbons (Fsp3) is 0.0526. The summed E-state index contributed by atoms with van der Waals surface area (Å²) in [5.74, 6) is 0.309. The van der Waals surface area contributed by atoms with Gasteiger partial charge in [0.25, 0.3) is 5.91 Å². The number of aromatic amines is 1. The van der Waals surface area contributed by atoms with Crippen LogP contribution in [0.15, 0.2) is 65.4 Å². The minimum atomic E-state index is -0.213. The maximum atomic E-state index is 12.1. The van der Waals surface area contributed by atoms with Gasteiger partial charge in [-0.25, -0.2) is 5.43 Å². The fourth-order valence-electron chi connectivity index (χ4n) is 2.71. The van der Waals surface area contributed by atoms with Crippen molar-refractivity contribution in [2.75, 3.05) is 5.32 Å². The van der Waals surface area contributed by atoms with Gasteiger partial charge in [0.1, 0.15) is 0 Å². The van der Waals surface area contributed by atoms with Crippen molar-refractivity contribution in [1.82, 2.24) is 10.4 Å². The largest absolute Gasteiger partial charge is 0.361 e. The smallest absolute Gasteiger partial charge is 0.275 e. The molecule has 5 heteroatoms. The molecule has 5 nitrogen and oxygen atoms in total. The van der Waals surface area contributed by atoms with Gasteiger partial charge in [-0.05, 0) is 31.2 Å². The number of carbonyl (C=O) groups is 1. The van der Waals surface area contributed by atoms with Crippen molar-refractivity contribution < 1.29 is 4.79 Å². The van der Waals surface area contributed by atoms with Crippen LogP contribution >= 0.6 is 0 Å². The first-order valence-electron chi connectivity index (χ1n) is 7.70. The highest BCUT2D eigenvalue weighted by Crippen LogP contribution is 2.22. The molecule has 3 N–H and O–H groups in total. The third-order valence-electron chi connectivity index (χ3n) is 4.00. The minimum Gasteiger partial charge on any atom is -0.361 e. The van der Waals surface area contributed by atoms with Gasteiger partial charge in [-0.1, -0.05) is 35.9 Å². The molecule has 0 saturated heterocycles. The summed E-state index contributed by atoms with van der Waals surface area (Å²) in [6.45, 7) is 2.03. The Kier molecular flexibility index (Phi) is 3.39. The van der Waals surface area contributed by atoms with E-state index >= 15 is 0 Å². The average molecular weight is 316 g/mol. The van der Waals surface area contributed by atoms with Crippen LogP contribution in [-0.4, -0.2) is 16.7 Å². The molecule has 3 aromatic rings. The number of aryl methyl sites for hydroxylation is 1. The Morgan fingerprint density at radius 2 is 1.88 bits per heavy atom. The van der Waals surface area contributed by atoms with Gasteiger partial charge in [0.05, 0.1) is 5.57 Å². The predicted octanol–water partition coefficient (Wildman–Crippen LogP) is 3.42. The number of fused-ring (bicyclic) bond motifs is 1. The first-order valence-corrected chi connectivity index (χ1v) is 7.70. The normalized spacial score (nSPS) is 15.6. The maximum Gasteiger partial charge on any atom is 0.275 e. The molecular formula is C19H16N4O. The summed E-state index contributed by atoms with van der Waals surface area (Å²) in [6, 6.07) is 15.9. The van der Waals surface area contributed by atoms with Crippen molar-refractivity contribution in [3.05, 3.63) is 71.4 Å². The van der Waals surface area contributed by atoms with Crippen LogP contribution in [0.25, 0.3) is 17.0 Å². The molecule has 0 atom stereocenters. The number of hydrazone groups is 1. The number of anilines is 1. The Labute approximate surface area is 139 Å². The molecule has 1 aromatic heterocycles. The number of hydrogen-bond donors (Lipinski definition) is 3. The van der Waals surface area contributed by atoms with E-state index in [9.17, 15) is 4.79 Å². The SMILES string of the molecule is Cc1ccc(NC2=NNC(=O)C2=Cc2c[nH]c3ccccc23)cc1. The molecule has 1 amide bonds. The predicted molar refractivity (Wildman–Crippen MR) is 96.7 cm³/mol. The zero-order chi connectivity index (χ0) is 16.5. The van der Waals surface area contributed by atoms with E-state index in [0.29, 0.717) is 11.4 Å². The number of amides is 1. The van der Waals surface area contributed by atoms with Gasteiger partial charge in [-0.2, -0.15) is 5.10 Å². The molecule has 1 aliphatic rings. The second kappa shape index (κ2) is 5.70. The number of carbonyl (C=O) groups excluding carboxylic acids is 1. The van der Waals surface area contributed by atoms with E-state index in [-0.39, 0.29) is 5.91 Å². The minimum absolute atomic E-state index is 0.213. The van der Waals surface area contributed by atoms with E-state index in [0.717, 1.165) is 22.2 Å². The number of benzene rings is 2. The number of amidine groups is 1. The third-order valence-corrected chi connectivity index (χ3v) is 4.00. The molecule has 0 saturated carbocycles. The van der Waals surface area contributed by atoms with E-state index in [2.05, 4.69) is 20.8 Å². The Morgan fingerprint density at radius 1 is 1.08 bits per heavy atom. The highest BCUT2D eigenvalue weighted by atomic mass is 16.2. The molecule has 0 fully saturated rings. The quantitative estimate of drug-likeness (QED) is 0.634. The van der Waals surface area contributed by atoms with Crippen LogP contribution in [0, 0.1) is 6.92 Å². The van der Waals surface area contributed by atoms with Crippen molar-refractivity contribution in [2.24, 2.45) is 5.10 Å². The van der Waals surface area contributed by atoms with Gasteiger partial charge >= 0.3 is 0 Å². The van der Waals surface area contributed by atoms with Crippen LogP contribution in [0.3, 0.4) is 0 Å². The van der Waals surface area contributed by atoms with E-state index in [4.69, 9.17) is 0 Å². The van der Waals surface area contributed by atoms with Crippen molar-refractivity contribution in [3.8, 4) is 0 Å². The topological polar surface area (TPSA) is 69.3 Å². The maximum absolute atomic E-state index is 12.1. The summed E-state index contributed by atoms with van der Waals surface area (Å²) >= 11 is 0. The summed E-state index contributed by atoms with van der Waals surface area (Å²) in [7, 11) is 0. The molecule has 0 bridgehead atoms. The number of nitrogens with zero attached hydrogens (tertiary/aromatic N) is 1. The first kappa shape index (κ1) is 14.3. The number of rotatable bonds is 2. The Bertz CT molecular complexity index is 980. The van der Waals surface area contributed by atoms with Crippen LogP contribution < -0.4 is 10.7 Å². The summed E-state index contributed by atoms with van der Waals surface area (Å²) < 4.78 is 0. The number of H-pyrrole nitrogens is 1. The molecule has 0 spiro atoms. The van der Waals surface area contributed by atoms with E-state index < -0.39 is 0 Å². The molecule has 4 rings (SSSR count). The van der Waals surface area contributed by atoms with Crippen molar-refractivity contribution in [2.45, 2.75) is 6.92 Å². The van der Waals surface area contributed by atoms with Gasteiger partial charge in [-0.15, -0.1) is 0 Å². The molecular weight excluding hydrogens is 300 g/mol. The molecule has 1 aliphatic heterocycles. The number of hydrogen-bond acceptors (Lipinski definition) is 3. The van der Waals surface area contributed by atoms with Crippen molar-refractivity contribution in [3.63, 3.8) is 0 Å². The zero-order valence-electron chi connectivity index (χ0n) is 13.1. The average Bonchev–Trinajstić information content (AvgIpc) is 3.16. The number of para-hydroxylation sites is 1. The van der Waals surface area contributed by atoms with Gasteiger partial charge in [0.2, 0.25) is 0 Å². The molecule has 0 unspecified atom stereocenters. The summed E-state index contributed by atoms with van der Waals surface area (Å²) in [6.07, 6.45) is 3.74. The zero-order valence-corrected chi connectivity index (χ0v) is 13.1. The van der Waals surface area contributed by atoms with Crippen molar-refractivity contribution in [1.29, 1.82) is 0 Å². The Morgan fingerprint density at radius 3 is 2.71 bits per heavy atom. The second-order valence-electron chi connectivity index (χ2n) is 5.74. The van der Waals surface area contributed by atoms with Gasteiger partial charge in [-0.3, -0.25) is 4.79 Å². The van der Waals surface area contributed by atoms with Crippen LogP contribution in [0.1, 0.15) is 11.1 Å². The van der Waals surface area contributed by atoms with Crippen LogP contribution in [0.4, 0.5) is 5.69 Å². The summed E-state index contributed by atoms with van der Waals surface area (Å²) in [5, 5.41) is 8.37. The molecule has 0 aliphatic carbocycles. The standard InChI is InChI=1S/C19H16N4O/c1-12-6-8-14(9-7-12)21-18-16(19(24)23-22-18)10-13-11-20-17-5-3-2-4-15(13)17/h2-11,20H,1H3,(H,21,22)(H,23,24). The van der Waals surface area contributed by atoms with Crippen molar-refractivity contribution >= 4 is 34.4 Å². The summed E-state index contributed by atoms with van der Waals surface area (Å²) in [4.78, 5) is 15.4. The lowest BCUT2D eigenvalue weighted by Crippen LogP contribution is -2.17. The molecule has 0 radical (unpaired) electrons. The third kappa shape index (κ3) is 2.56. The second-order valence-corrected chi connectivity index (χ2v) is 5.74. The highest BCUT2D eigenvalue weighted by molar-refractivity contribution is 6.30. The highest BCUT2D eigenvalue weighted by Gasteiger charge is 2.23. The fourth-order valence-corrected chi connectivity index (χ4v) is 2.71. The molecule has 24 heavy (non-hydrogen) atoms. The van der Waals surface area contributed by atoms with Crippen LogP contribution in [-0.2, 0) is 4.79 Å². The van der Waals surface area contributed by atoms with E-state index in [1.54, 1.807) is 0 Å². The summed E-state index contributed by atoms with van der Waals surface area (Å²) in [5.41, 5.74) is 7.09. The van der Waals surface area contributed by atoms with E-state index in [1.807, 2.05) is 67.7 Å². The Balaban J connectivity index is 1.68. The molecule has 118 valence electrons. The molecule has 2 aromatic carbocycles. The lowest BCUT2D eigenvalue weighted by atomic mass is 10.1. The van der Waals surface area contributed by atoms with Crippen LogP contribution in [0.5, 0.6) is 0 Å². The number of aromatic nitrogens is 1. The molecule has 2 heterocycles. The first-order chi connectivity index (χ1) is 11.7. The Hall–Kier alpha value is -3.34. The lowest BCUT2D eigenvalue weighted by molar-refractivity contribution is -0.116. The van der Waals surface area contributed by atoms with Gasteiger partial charge in [0.15, 0.2) is 5.84 Å². The van der Waals surface area contributed by atoms with Gasteiger partial charge in [0, 0.05) is 28.4 Å². The lowest BCUT2D eigenvalue weighted by Gasteiger charge is -2.06. The monoisotopic (exact) mass is 316 g/mol. The van der Waals surface area contributed by atoms with Gasteiger partial charge < -0.3 is 10.3 Å². The van der Waals surface area contributed by atoms with Crippen LogP contribution in [0.2, 0.25) is 0 Å². The number of nitrogens with one attached hydrogen (secondary N) is 3. The van der Waals surface area contributed by atoms with E-state index in [1.165, 1.54) is 5.56 Å².